The summed E-state index contributed by atoms with van der Waals surface area (Å²) < 4.78 is 5.72. The topological polar surface area (TPSA) is 109 Å². The van der Waals surface area contributed by atoms with Gasteiger partial charge in [-0.05, 0) is 24.6 Å². The van der Waals surface area contributed by atoms with Crippen LogP contribution < -0.4 is 5.32 Å². The Balaban J connectivity index is 1.79. The lowest BCUT2D eigenvalue weighted by atomic mass is 9.73. The molecule has 5 rings (SSSR count). The minimum absolute atomic E-state index is 0.211. The fourth-order valence-corrected chi connectivity index (χ4v) is 4.75. The van der Waals surface area contributed by atoms with Gasteiger partial charge in [-0.3, -0.25) is 14.9 Å². The highest BCUT2D eigenvalue weighted by atomic mass is 16.6. The van der Waals surface area contributed by atoms with Gasteiger partial charge in [-0.15, -0.1) is 0 Å². The van der Waals surface area contributed by atoms with E-state index in [-0.39, 0.29) is 5.76 Å². The highest BCUT2D eigenvalue weighted by Gasteiger charge is 2.63. The number of anilines is 1. The lowest BCUT2D eigenvalue weighted by molar-refractivity contribution is -0.486. The van der Waals surface area contributed by atoms with Gasteiger partial charge in [0.15, 0.2) is 0 Å². The quantitative estimate of drug-likeness (QED) is 0.509. The first kappa shape index (κ1) is 18.5. The number of fused-ring (bicyclic) bond motifs is 4. The zero-order chi connectivity index (χ0) is 21.0. The van der Waals surface area contributed by atoms with E-state index in [0.717, 1.165) is 10.6 Å². The molecule has 2 aromatic carbocycles. The van der Waals surface area contributed by atoms with E-state index < -0.39 is 34.9 Å². The first-order valence-electron chi connectivity index (χ1n) is 9.60. The predicted molar refractivity (Wildman–Crippen MR) is 107 cm³/mol. The molecule has 152 valence electrons. The number of carbonyl (C=O) groups is 1. The van der Waals surface area contributed by atoms with Gasteiger partial charge in [-0.1, -0.05) is 48.0 Å². The number of furan rings is 1. The summed E-state index contributed by atoms with van der Waals surface area (Å²) in [5.74, 6) is -0.950. The van der Waals surface area contributed by atoms with Crippen LogP contribution in [-0.4, -0.2) is 27.6 Å². The van der Waals surface area contributed by atoms with Crippen molar-refractivity contribution in [1.82, 2.24) is 5.06 Å². The fourth-order valence-electron chi connectivity index (χ4n) is 4.75. The third-order valence-electron chi connectivity index (χ3n) is 6.07. The van der Waals surface area contributed by atoms with Crippen molar-refractivity contribution in [1.29, 1.82) is 0 Å². The fraction of sp³-hybridized carbons (Fsp3) is 0.227. The minimum atomic E-state index is -1.63. The Hall–Kier alpha value is -3.49. The van der Waals surface area contributed by atoms with Gasteiger partial charge in [-0.25, -0.2) is 0 Å². The molecule has 2 aliphatic heterocycles. The summed E-state index contributed by atoms with van der Waals surface area (Å²) in [5, 5.41) is 26.9. The molecule has 8 heteroatoms. The molecule has 0 aliphatic carbocycles. The van der Waals surface area contributed by atoms with Crippen molar-refractivity contribution in [2.75, 3.05) is 11.9 Å². The Labute approximate surface area is 171 Å². The Kier molecular flexibility index (Phi) is 4.02. The van der Waals surface area contributed by atoms with E-state index in [0.29, 0.717) is 22.4 Å². The van der Waals surface area contributed by atoms with Crippen LogP contribution in [0, 0.1) is 17.0 Å². The number of hydrogen-bond donors (Lipinski definition) is 2. The van der Waals surface area contributed by atoms with E-state index in [9.17, 15) is 20.1 Å². The maximum Gasteiger partial charge on any atom is 0.259 e. The second-order valence-electron chi connectivity index (χ2n) is 7.74. The summed E-state index contributed by atoms with van der Waals surface area (Å²) >= 11 is 0. The molecule has 3 atom stereocenters. The number of nitro groups is 1. The van der Waals surface area contributed by atoms with Gasteiger partial charge >= 0.3 is 0 Å². The number of rotatable bonds is 3. The van der Waals surface area contributed by atoms with Crippen molar-refractivity contribution in [3.8, 4) is 0 Å². The Bertz CT molecular complexity index is 1160. The number of para-hydroxylation sites is 1. The molecule has 3 aromatic rings. The number of nitrogens with one attached hydrogen (secondary N) is 1. The summed E-state index contributed by atoms with van der Waals surface area (Å²) in [6.07, 6.45) is 1.42. The van der Waals surface area contributed by atoms with Crippen molar-refractivity contribution in [3.63, 3.8) is 0 Å². The molecule has 1 amide bonds. The molecule has 1 spiro atoms. The Morgan fingerprint density at radius 2 is 1.93 bits per heavy atom. The lowest BCUT2D eigenvalue weighted by Gasteiger charge is -2.45. The molecule has 0 saturated heterocycles. The molecule has 0 bridgehead atoms. The molecule has 2 aliphatic rings. The first-order chi connectivity index (χ1) is 14.4. The van der Waals surface area contributed by atoms with Gasteiger partial charge in [0.2, 0.25) is 12.1 Å². The molecular formula is C22H19N3O5. The van der Waals surface area contributed by atoms with Crippen molar-refractivity contribution in [2.45, 2.75) is 24.4 Å². The molecule has 0 unspecified atom stereocenters. The van der Waals surface area contributed by atoms with E-state index in [2.05, 4.69) is 5.32 Å². The SMILES string of the molecule is Cc1ccc([C@@H]2[C@@H](C[N+](=O)[O-])c3ccoc3[C@@]3(C(=O)Nc4ccccc43)N2O)cc1. The number of carbonyl (C=O) groups excluding carboxylic acids is 1. The second-order valence-corrected chi connectivity index (χ2v) is 7.74. The molecule has 1 aromatic heterocycles. The monoisotopic (exact) mass is 405 g/mol. The molecular weight excluding hydrogens is 386 g/mol. The third kappa shape index (κ3) is 2.38. The standard InChI is InChI=1S/C22H19N3O5/c1-13-6-8-14(9-7-13)19-16(12-24(27)28)15-10-11-30-20(15)22(25(19)29)17-4-2-3-5-18(17)23-21(22)26/h2-11,16,19,29H,12H2,1H3,(H,23,26)/t16-,19+,22-/m0/s1. The summed E-state index contributed by atoms with van der Waals surface area (Å²) in [5.41, 5.74) is 1.74. The highest BCUT2D eigenvalue weighted by molar-refractivity contribution is 6.08. The highest BCUT2D eigenvalue weighted by Crippen LogP contribution is 2.56. The lowest BCUT2D eigenvalue weighted by Crippen LogP contribution is -2.56. The molecule has 8 nitrogen and oxygen atoms in total. The summed E-state index contributed by atoms with van der Waals surface area (Å²) in [6, 6.07) is 15.3. The average Bonchev–Trinajstić information content (AvgIpc) is 3.30. The number of benzene rings is 2. The number of hydroxylamine groups is 2. The van der Waals surface area contributed by atoms with Crippen molar-refractivity contribution >= 4 is 11.6 Å². The molecule has 3 heterocycles. The summed E-state index contributed by atoms with van der Waals surface area (Å²) in [4.78, 5) is 24.4. The maximum absolute atomic E-state index is 13.3. The van der Waals surface area contributed by atoms with Crippen molar-refractivity contribution in [3.05, 3.63) is 99.0 Å². The number of nitrogens with zero attached hydrogens (tertiary/aromatic N) is 2. The van der Waals surface area contributed by atoms with E-state index in [1.54, 1.807) is 30.3 Å². The van der Waals surface area contributed by atoms with Gasteiger partial charge in [0, 0.05) is 21.7 Å². The number of hydrogen-bond acceptors (Lipinski definition) is 6. The number of amides is 1. The minimum Gasteiger partial charge on any atom is -0.466 e. The maximum atomic E-state index is 13.3. The van der Waals surface area contributed by atoms with Crippen LogP contribution in [0.5, 0.6) is 0 Å². The van der Waals surface area contributed by atoms with Crippen LogP contribution in [0.15, 0.2) is 65.3 Å². The van der Waals surface area contributed by atoms with Crippen LogP contribution in [0.1, 0.15) is 40.0 Å². The van der Waals surface area contributed by atoms with Gasteiger partial charge in [0.05, 0.1) is 18.2 Å². The molecule has 0 saturated carbocycles. The Morgan fingerprint density at radius 1 is 1.20 bits per heavy atom. The van der Waals surface area contributed by atoms with E-state index in [1.165, 1.54) is 6.26 Å². The zero-order valence-electron chi connectivity index (χ0n) is 16.1. The second kappa shape index (κ2) is 6.51. The van der Waals surface area contributed by atoms with Gasteiger partial charge < -0.3 is 14.9 Å². The predicted octanol–water partition coefficient (Wildman–Crippen LogP) is 3.59. The van der Waals surface area contributed by atoms with Gasteiger partial charge in [0.1, 0.15) is 5.76 Å². The van der Waals surface area contributed by atoms with Crippen LogP contribution >= 0.6 is 0 Å². The van der Waals surface area contributed by atoms with Crippen molar-refractivity contribution < 1.29 is 19.3 Å². The summed E-state index contributed by atoms with van der Waals surface area (Å²) in [6.45, 7) is 1.52. The molecule has 0 fully saturated rings. The first-order valence-corrected chi connectivity index (χ1v) is 9.60. The molecule has 0 radical (unpaired) electrons. The van der Waals surface area contributed by atoms with Crippen LogP contribution in [0.4, 0.5) is 5.69 Å². The largest absolute Gasteiger partial charge is 0.466 e. The van der Waals surface area contributed by atoms with E-state index in [4.69, 9.17) is 4.42 Å². The zero-order valence-corrected chi connectivity index (χ0v) is 16.1. The van der Waals surface area contributed by atoms with Gasteiger partial charge in [0.25, 0.3) is 5.91 Å². The van der Waals surface area contributed by atoms with Crippen LogP contribution in [0.25, 0.3) is 0 Å². The molecule has 30 heavy (non-hydrogen) atoms. The van der Waals surface area contributed by atoms with Crippen LogP contribution in [-0.2, 0) is 10.3 Å². The average molecular weight is 405 g/mol. The number of aryl methyl sites for hydroxylation is 1. The summed E-state index contributed by atoms with van der Waals surface area (Å²) in [7, 11) is 0. The van der Waals surface area contributed by atoms with Crippen LogP contribution in [0.3, 0.4) is 0 Å². The van der Waals surface area contributed by atoms with Gasteiger partial charge in [-0.2, -0.15) is 5.06 Å². The molecule has 2 N–H and O–H groups in total. The van der Waals surface area contributed by atoms with Crippen molar-refractivity contribution in [2.24, 2.45) is 0 Å². The van der Waals surface area contributed by atoms with E-state index in [1.807, 2.05) is 31.2 Å². The van der Waals surface area contributed by atoms with E-state index >= 15 is 0 Å². The smallest absolute Gasteiger partial charge is 0.259 e. The normalized spacial score (nSPS) is 25.1. The third-order valence-corrected chi connectivity index (χ3v) is 6.07. The van der Waals surface area contributed by atoms with Crippen LogP contribution in [0.2, 0.25) is 0 Å². The Morgan fingerprint density at radius 3 is 2.67 bits per heavy atom.